The number of hydrogen-bond donors (Lipinski definition) is 1. The maximum atomic E-state index is 12.5. The van der Waals surface area contributed by atoms with E-state index in [0.717, 1.165) is 37.5 Å². The van der Waals surface area contributed by atoms with Crippen LogP contribution in [0, 0.1) is 11.3 Å². The Labute approximate surface area is 140 Å². The van der Waals surface area contributed by atoms with Gasteiger partial charge in [-0.1, -0.05) is 0 Å². The molecule has 3 rings (SSSR count). The van der Waals surface area contributed by atoms with E-state index < -0.39 is 16.1 Å². The fourth-order valence-corrected chi connectivity index (χ4v) is 5.73. The third-order valence-electron chi connectivity index (χ3n) is 4.45. The largest absolute Gasteiger partial charge is 0.315 e. The number of nitrogens with zero attached hydrogens (tertiary/aromatic N) is 2. The van der Waals surface area contributed by atoms with Crippen LogP contribution >= 0.6 is 11.3 Å². The van der Waals surface area contributed by atoms with E-state index in [1.54, 1.807) is 0 Å². The van der Waals surface area contributed by atoms with Crippen LogP contribution < -0.4 is 5.32 Å². The monoisotopic (exact) mass is 353 g/mol. The summed E-state index contributed by atoms with van der Waals surface area (Å²) < 4.78 is 24.8. The number of amides is 1. The first-order chi connectivity index (χ1) is 10.9. The summed E-state index contributed by atoms with van der Waals surface area (Å²) in [5, 5.41) is 12.8. The van der Waals surface area contributed by atoms with Crippen molar-refractivity contribution in [3.63, 3.8) is 0 Å². The molecule has 1 aliphatic carbocycles. The predicted octanol–water partition coefficient (Wildman–Crippen LogP) is 1.86. The number of nitriles is 1. The standard InChI is InChI=1S/C15H19N3O3S2/c1-23(20,21)18-8-4-6-12(18)14(19)17-15-11(9-16)10-5-2-3-7-13(10)22-15/h12H,2-8H2,1H3,(H,17,19)/t12-/m0/s1. The molecule has 0 unspecified atom stereocenters. The number of carbonyl (C=O) groups is 1. The van der Waals surface area contributed by atoms with E-state index in [4.69, 9.17) is 0 Å². The SMILES string of the molecule is CS(=O)(=O)N1CCC[C@H]1C(=O)Nc1sc2c(c1C#N)CCCC2. The summed E-state index contributed by atoms with van der Waals surface area (Å²) in [5.74, 6) is -0.331. The first-order valence-electron chi connectivity index (χ1n) is 7.74. The lowest BCUT2D eigenvalue weighted by Gasteiger charge is -2.21. The van der Waals surface area contributed by atoms with Crippen LogP contribution in [-0.4, -0.2) is 37.5 Å². The fourth-order valence-electron chi connectivity index (χ4n) is 3.37. The van der Waals surface area contributed by atoms with E-state index in [9.17, 15) is 18.5 Å². The Morgan fingerprint density at radius 3 is 2.78 bits per heavy atom. The zero-order valence-electron chi connectivity index (χ0n) is 13.0. The Balaban J connectivity index is 1.84. The minimum atomic E-state index is -3.40. The quantitative estimate of drug-likeness (QED) is 0.898. The molecule has 1 aromatic rings. The molecule has 23 heavy (non-hydrogen) atoms. The minimum absolute atomic E-state index is 0.331. The maximum Gasteiger partial charge on any atom is 0.243 e. The molecule has 1 aromatic heterocycles. The van der Waals surface area contributed by atoms with Gasteiger partial charge in [0.25, 0.3) is 0 Å². The molecular formula is C15H19N3O3S2. The summed E-state index contributed by atoms with van der Waals surface area (Å²) in [6, 6.07) is 1.53. The number of sulfonamides is 1. The summed E-state index contributed by atoms with van der Waals surface area (Å²) in [6.07, 6.45) is 6.33. The van der Waals surface area contributed by atoms with Crippen molar-refractivity contribution in [1.82, 2.24) is 4.31 Å². The second-order valence-corrected chi connectivity index (χ2v) is 9.09. The summed E-state index contributed by atoms with van der Waals surface area (Å²) >= 11 is 1.46. The van der Waals surface area contributed by atoms with Gasteiger partial charge >= 0.3 is 0 Å². The lowest BCUT2D eigenvalue weighted by Crippen LogP contribution is -2.42. The normalized spacial score (nSPS) is 21.7. The summed E-state index contributed by atoms with van der Waals surface area (Å²) in [7, 11) is -3.40. The van der Waals surface area contributed by atoms with Crippen molar-refractivity contribution in [3.05, 3.63) is 16.0 Å². The lowest BCUT2D eigenvalue weighted by atomic mass is 9.96. The van der Waals surface area contributed by atoms with E-state index in [1.807, 2.05) is 0 Å². The van der Waals surface area contributed by atoms with Crippen molar-refractivity contribution in [2.24, 2.45) is 0 Å². The molecule has 1 aliphatic heterocycles. The highest BCUT2D eigenvalue weighted by molar-refractivity contribution is 7.88. The van der Waals surface area contributed by atoms with Crippen LogP contribution in [0.1, 0.15) is 41.7 Å². The fraction of sp³-hybridized carbons (Fsp3) is 0.600. The Kier molecular flexibility index (Phi) is 4.45. The molecule has 0 saturated carbocycles. The van der Waals surface area contributed by atoms with Gasteiger partial charge in [0.2, 0.25) is 15.9 Å². The zero-order chi connectivity index (χ0) is 16.6. The van der Waals surface area contributed by atoms with Crippen LogP contribution in [0.2, 0.25) is 0 Å². The van der Waals surface area contributed by atoms with E-state index in [1.165, 1.54) is 20.5 Å². The van der Waals surface area contributed by atoms with Crippen LogP contribution in [0.3, 0.4) is 0 Å². The van der Waals surface area contributed by atoms with Gasteiger partial charge in [0.15, 0.2) is 0 Å². The molecule has 124 valence electrons. The van der Waals surface area contributed by atoms with Crippen LogP contribution in [-0.2, 0) is 27.7 Å². The van der Waals surface area contributed by atoms with Gasteiger partial charge in [-0.05, 0) is 44.1 Å². The summed E-state index contributed by atoms with van der Waals surface area (Å²) in [6.45, 7) is 0.378. The molecule has 1 fully saturated rings. The highest BCUT2D eigenvalue weighted by atomic mass is 32.2. The van der Waals surface area contributed by atoms with E-state index >= 15 is 0 Å². The smallest absolute Gasteiger partial charge is 0.243 e. The topological polar surface area (TPSA) is 90.3 Å². The highest BCUT2D eigenvalue weighted by Gasteiger charge is 2.37. The van der Waals surface area contributed by atoms with Crippen LogP contribution in [0.4, 0.5) is 5.00 Å². The highest BCUT2D eigenvalue weighted by Crippen LogP contribution is 2.38. The maximum absolute atomic E-state index is 12.5. The molecule has 0 bridgehead atoms. The van der Waals surface area contributed by atoms with E-state index in [2.05, 4.69) is 11.4 Å². The molecule has 6 nitrogen and oxygen atoms in total. The Bertz CT molecular complexity index is 777. The molecule has 8 heteroatoms. The summed E-state index contributed by atoms with van der Waals surface area (Å²) in [4.78, 5) is 13.7. The van der Waals surface area contributed by atoms with Gasteiger partial charge in [0.05, 0.1) is 11.8 Å². The number of rotatable bonds is 3. The van der Waals surface area contributed by atoms with Crippen LogP contribution in [0.5, 0.6) is 0 Å². The number of thiophene rings is 1. The number of anilines is 1. The van der Waals surface area contributed by atoms with E-state index in [-0.39, 0.29) is 5.91 Å². The number of fused-ring (bicyclic) bond motifs is 1. The lowest BCUT2D eigenvalue weighted by molar-refractivity contribution is -0.119. The average Bonchev–Trinajstić information content (AvgIpc) is 3.10. The van der Waals surface area contributed by atoms with E-state index in [0.29, 0.717) is 30.0 Å². The molecule has 2 heterocycles. The second kappa shape index (κ2) is 6.23. The Morgan fingerprint density at radius 1 is 1.35 bits per heavy atom. The van der Waals surface area contributed by atoms with Gasteiger partial charge in [-0.2, -0.15) is 9.57 Å². The van der Waals surface area contributed by atoms with Crippen molar-refractivity contribution >= 4 is 32.3 Å². The third kappa shape index (κ3) is 3.13. The zero-order valence-corrected chi connectivity index (χ0v) is 14.6. The van der Waals surface area contributed by atoms with Crippen molar-refractivity contribution < 1.29 is 13.2 Å². The molecule has 2 aliphatic rings. The van der Waals surface area contributed by atoms with Crippen LogP contribution in [0.25, 0.3) is 0 Å². The second-order valence-electron chi connectivity index (χ2n) is 6.05. The molecule has 0 spiro atoms. The molecule has 1 N–H and O–H groups in total. The van der Waals surface area contributed by atoms with Gasteiger partial charge in [0, 0.05) is 11.4 Å². The predicted molar refractivity (Wildman–Crippen MR) is 88.9 cm³/mol. The molecule has 0 aromatic carbocycles. The first kappa shape index (κ1) is 16.4. The molecule has 0 radical (unpaired) electrons. The van der Waals surface area contributed by atoms with Crippen molar-refractivity contribution in [2.45, 2.75) is 44.6 Å². The number of hydrogen-bond acceptors (Lipinski definition) is 5. The Morgan fingerprint density at radius 2 is 2.09 bits per heavy atom. The molecule has 1 atom stereocenters. The van der Waals surface area contributed by atoms with Crippen molar-refractivity contribution in [2.75, 3.05) is 18.1 Å². The Hall–Kier alpha value is -1.43. The average molecular weight is 353 g/mol. The third-order valence-corrected chi connectivity index (χ3v) is 6.95. The van der Waals surface area contributed by atoms with Gasteiger partial charge in [-0.3, -0.25) is 4.79 Å². The molecule has 1 saturated heterocycles. The number of carbonyl (C=O) groups excluding carboxylic acids is 1. The van der Waals surface area contributed by atoms with Gasteiger partial charge in [0.1, 0.15) is 17.1 Å². The summed E-state index contributed by atoms with van der Waals surface area (Å²) in [5.41, 5.74) is 1.62. The number of nitrogens with one attached hydrogen (secondary N) is 1. The van der Waals surface area contributed by atoms with Crippen molar-refractivity contribution in [1.29, 1.82) is 5.26 Å². The van der Waals surface area contributed by atoms with Gasteiger partial charge in [-0.25, -0.2) is 8.42 Å². The van der Waals surface area contributed by atoms with Crippen LogP contribution in [0.15, 0.2) is 0 Å². The number of aryl methyl sites for hydroxylation is 1. The van der Waals surface area contributed by atoms with Gasteiger partial charge < -0.3 is 5.32 Å². The molecule has 1 amide bonds. The molecular weight excluding hydrogens is 334 g/mol. The van der Waals surface area contributed by atoms with Gasteiger partial charge in [-0.15, -0.1) is 11.3 Å². The van der Waals surface area contributed by atoms with Crippen molar-refractivity contribution in [3.8, 4) is 6.07 Å². The minimum Gasteiger partial charge on any atom is -0.315 e. The first-order valence-corrected chi connectivity index (χ1v) is 10.4.